The lowest BCUT2D eigenvalue weighted by molar-refractivity contribution is -0.131. The highest BCUT2D eigenvalue weighted by Gasteiger charge is 2.33. The standard InChI is InChI=1S/2C10H21NO4S.C9H19NO4S/c1-6-9(2,3)8(12)11-10(4,5)7-16(13,14)15;1-4-10(2,3)9(12)11-7-5-6-8-16(13,14)15;1-4-9(2,3)8(11)10-6-5-7-15(12,13)14/h6-7H2,1-5H3,(H,11,12)(H,13,14,15);4-8H2,1-3H3,(H,11,12)(H,13,14,15);4-7H2,1-3H3,(H,10,11)(H,12,13,14). The summed E-state index contributed by atoms with van der Waals surface area (Å²) in [6.07, 6.45) is 3.25. The zero-order chi connectivity index (χ0) is 38.1. The molecule has 0 fully saturated rings. The van der Waals surface area contributed by atoms with Crippen LogP contribution >= 0.6 is 0 Å². The molecule has 0 aliphatic carbocycles. The van der Waals surface area contributed by atoms with Crippen LogP contribution < -0.4 is 16.0 Å². The maximum Gasteiger partial charge on any atom is 0.267 e. The number of rotatable bonds is 18. The molecule has 3 amide bonds. The molecule has 47 heavy (non-hydrogen) atoms. The van der Waals surface area contributed by atoms with Gasteiger partial charge in [-0.2, -0.15) is 25.3 Å². The van der Waals surface area contributed by atoms with Crippen molar-refractivity contribution in [3.05, 3.63) is 0 Å². The molecule has 0 unspecified atom stereocenters. The predicted molar refractivity (Wildman–Crippen MR) is 184 cm³/mol. The fourth-order valence-corrected chi connectivity index (χ4v) is 5.06. The lowest BCUT2D eigenvalue weighted by Crippen LogP contribution is -2.52. The Morgan fingerprint density at radius 3 is 1.15 bits per heavy atom. The van der Waals surface area contributed by atoms with Crippen LogP contribution in [0.4, 0.5) is 0 Å². The van der Waals surface area contributed by atoms with Crippen LogP contribution in [0.1, 0.15) is 115 Å². The second-order valence-corrected chi connectivity index (χ2v) is 18.5. The van der Waals surface area contributed by atoms with Crippen molar-refractivity contribution in [3.8, 4) is 0 Å². The van der Waals surface area contributed by atoms with E-state index in [1.807, 2.05) is 48.5 Å². The molecule has 18 heteroatoms. The van der Waals surface area contributed by atoms with Crippen molar-refractivity contribution >= 4 is 48.1 Å². The summed E-state index contributed by atoms with van der Waals surface area (Å²) in [5, 5.41) is 8.00. The molecule has 15 nitrogen and oxygen atoms in total. The largest absolute Gasteiger partial charge is 0.356 e. The topological polar surface area (TPSA) is 250 Å². The fourth-order valence-electron chi connectivity index (χ4n) is 3.00. The first-order valence-corrected chi connectivity index (χ1v) is 20.3. The van der Waals surface area contributed by atoms with E-state index in [4.69, 9.17) is 13.7 Å². The smallest absolute Gasteiger partial charge is 0.267 e. The van der Waals surface area contributed by atoms with Gasteiger partial charge in [0.05, 0.1) is 22.8 Å². The van der Waals surface area contributed by atoms with E-state index in [9.17, 15) is 39.6 Å². The Morgan fingerprint density at radius 1 is 0.511 bits per heavy atom. The molecule has 0 aromatic heterocycles. The third-order valence-corrected chi connectivity index (χ3v) is 10.2. The van der Waals surface area contributed by atoms with Gasteiger partial charge in [0.15, 0.2) is 0 Å². The first-order chi connectivity index (χ1) is 20.8. The molecule has 0 aliphatic rings. The van der Waals surface area contributed by atoms with E-state index >= 15 is 0 Å². The molecule has 0 radical (unpaired) electrons. The molecule has 0 spiro atoms. The zero-order valence-electron chi connectivity index (χ0n) is 30.0. The molecule has 0 aromatic rings. The van der Waals surface area contributed by atoms with Gasteiger partial charge in [0.2, 0.25) is 17.7 Å². The maximum absolute atomic E-state index is 11.8. The Kier molecular flexibility index (Phi) is 21.7. The van der Waals surface area contributed by atoms with Gasteiger partial charge in [-0.3, -0.25) is 28.0 Å². The zero-order valence-corrected chi connectivity index (χ0v) is 32.5. The van der Waals surface area contributed by atoms with Gasteiger partial charge in [0, 0.05) is 29.3 Å². The van der Waals surface area contributed by atoms with Gasteiger partial charge < -0.3 is 16.0 Å². The third-order valence-electron chi connectivity index (χ3n) is 7.47. The lowest BCUT2D eigenvalue weighted by Gasteiger charge is -2.30. The van der Waals surface area contributed by atoms with E-state index in [2.05, 4.69) is 16.0 Å². The number of hydrogen-bond acceptors (Lipinski definition) is 9. The van der Waals surface area contributed by atoms with Gasteiger partial charge in [0.25, 0.3) is 30.4 Å². The van der Waals surface area contributed by atoms with Crippen LogP contribution in [0.15, 0.2) is 0 Å². The Hall–Kier alpha value is -1.86. The van der Waals surface area contributed by atoms with Crippen molar-refractivity contribution in [2.45, 2.75) is 120 Å². The fraction of sp³-hybridized carbons (Fsp3) is 0.897. The molecule has 0 atom stereocenters. The molecule has 0 aromatic carbocycles. The van der Waals surface area contributed by atoms with Crippen LogP contribution in [-0.4, -0.2) is 92.5 Å². The van der Waals surface area contributed by atoms with Crippen molar-refractivity contribution in [2.24, 2.45) is 16.2 Å². The minimum Gasteiger partial charge on any atom is -0.356 e. The summed E-state index contributed by atoms with van der Waals surface area (Å²) < 4.78 is 88.7. The number of amides is 3. The molecule has 0 saturated carbocycles. The van der Waals surface area contributed by atoms with Crippen LogP contribution in [0.25, 0.3) is 0 Å². The minimum absolute atomic E-state index is 0.0261. The Balaban J connectivity index is -0.000000618. The molecule has 0 saturated heterocycles. The Bertz CT molecular complexity index is 1310. The van der Waals surface area contributed by atoms with E-state index in [1.165, 1.54) is 0 Å². The van der Waals surface area contributed by atoms with Gasteiger partial charge >= 0.3 is 0 Å². The molecule has 0 rings (SSSR count). The molecule has 282 valence electrons. The first kappa shape index (κ1) is 49.5. The van der Waals surface area contributed by atoms with Crippen molar-refractivity contribution in [1.82, 2.24) is 16.0 Å². The van der Waals surface area contributed by atoms with Gasteiger partial charge in [-0.25, -0.2) is 0 Å². The van der Waals surface area contributed by atoms with Crippen LogP contribution in [-0.2, 0) is 44.7 Å². The van der Waals surface area contributed by atoms with Crippen LogP contribution in [0.5, 0.6) is 0 Å². The molecular formula is C29H61N3O12S3. The van der Waals surface area contributed by atoms with E-state index in [-0.39, 0.29) is 47.6 Å². The second kappa shape index (κ2) is 20.6. The number of carbonyl (C=O) groups excluding carboxylic acids is 3. The normalized spacial score (nSPS) is 12.9. The monoisotopic (exact) mass is 739 g/mol. The highest BCUT2D eigenvalue weighted by Crippen LogP contribution is 2.22. The number of hydrogen-bond donors (Lipinski definition) is 6. The van der Waals surface area contributed by atoms with Gasteiger partial charge in [-0.05, 0) is 52.4 Å². The quantitative estimate of drug-likeness (QED) is 0.0876. The van der Waals surface area contributed by atoms with E-state index < -0.39 is 52.5 Å². The van der Waals surface area contributed by atoms with E-state index in [1.54, 1.807) is 27.7 Å². The summed E-state index contributed by atoms with van der Waals surface area (Å²) in [5.74, 6) is -1.41. The van der Waals surface area contributed by atoms with Crippen LogP contribution in [0.3, 0.4) is 0 Å². The molecule has 6 N–H and O–H groups in total. The van der Waals surface area contributed by atoms with Gasteiger partial charge in [-0.15, -0.1) is 0 Å². The number of carbonyl (C=O) groups is 3. The third kappa shape index (κ3) is 27.8. The lowest BCUT2D eigenvalue weighted by atomic mass is 9.88. The van der Waals surface area contributed by atoms with Gasteiger partial charge in [0.1, 0.15) is 0 Å². The predicted octanol–water partition coefficient (Wildman–Crippen LogP) is 3.23. The van der Waals surface area contributed by atoms with Crippen LogP contribution in [0.2, 0.25) is 0 Å². The molecule has 0 heterocycles. The van der Waals surface area contributed by atoms with Gasteiger partial charge in [-0.1, -0.05) is 62.3 Å². The van der Waals surface area contributed by atoms with Crippen molar-refractivity contribution in [2.75, 3.05) is 30.3 Å². The highest BCUT2D eigenvalue weighted by molar-refractivity contribution is 7.86. The summed E-state index contributed by atoms with van der Waals surface area (Å²) in [6.45, 7) is 20.5. The van der Waals surface area contributed by atoms with E-state index in [0.717, 1.165) is 12.8 Å². The molecule has 0 bridgehead atoms. The molecular weight excluding hydrogens is 679 g/mol. The number of nitrogens with one attached hydrogen (secondary N) is 3. The summed E-state index contributed by atoms with van der Waals surface area (Å²) in [7, 11) is -11.9. The minimum atomic E-state index is -4.09. The average Bonchev–Trinajstić information content (AvgIpc) is 2.88. The first-order valence-electron chi connectivity index (χ1n) is 15.5. The Labute approximate surface area is 283 Å². The summed E-state index contributed by atoms with van der Waals surface area (Å²) in [5.41, 5.74) is -2.34. The molecule has 0 aliphatic heterocycles. The van der Waals surface area contributed by atoms with Crippen molar-refractivity contribution in [3.63, 3.8) is 0 Å². The summed E-state index contributed by atoms with van der Waals surface area (Å²) >= 11 is 0. The number of unbranched alkanes of at least 4 members (excludes halogenated alkanes) is 1. The second-order valence-electron chi connectivity index (χ2n) is 13.9. The SMILES string of the molecule is CCC(C)(C)C(=O)NC(C)(C)CS(=O)(=O)O.CCC(C)(C)C(=O)NCCCCS(=O)(=O)O.CCC(C)(C)C(=O)NCCCS(=O)(=O)O. The van der Waals surface area contributed by atoms with Crippen molar-refractivity contribution < 1.29 is 53.3 Å². The summed E-state index contributed by atoms with van der Waals surface area (Å²) in [6, 6.07) is 0. The maximum atomic E-state index is 11.8. The van der Waals surface area contributed by atoms with Crippen LogP contribution in [0, 0.1) is 16.2 Å². The average molecular weight is 740 g/mol. The van der Waals surface area contributed by atoms with E-state index in [0.29, 0.717) is 25.8 Å². The highest BCUT2D eigenvalue weighted by atomic mass is 32.2. The Morgan fingerprint density at radius 2 is 0.830 bits per heavy atom. The van der Waals surface area contributed by atoms with Crippen molar-refractivity contribution in [1.29, 1.82) is 0 Å². The summed E-state index contributed by atoms with van der Waals surface area (Å²) in [4.78, 5) is 34.9.